The number of hydrogen-bond donors (Lipinski definition) is 0. The zero-order valence-electron chi connectivity index (χ0n) is 14.5. The molecule has 0 bridgehead atoms. The molecule has 1 aliphatic heterocycles. The molecule has 1 saturated heterocycles. The second kappa shape index (κ2) is 7.89. The first kappa shape index (κ1) is 18.3. The summed E-state index contributed by atoms with van der Waals surface area (Å²) in [7, 11) is 0. The fraction of sp³-hybridized carbons (Fsp3) is 0.190. The van der Waals surface area contributed by atoms with Crippen molar-refractivity contribution >= 4 is 50.0 Å². The standard InChI is InChI=1S/C21H17BrClNO3/c22-16-3-6-19-15(11-16)12-20(27-19)18(14-1-4-17(23)5-2-14)13-21(25)24-7-9-26-10-8-24/h1-6,11-13H,7-10H2/b18-13-. The number of rotatable bonds is 3. The van der Waals surface area contributed by atoms with E-state index in [1.807, 2.05) is 48.5 Å². The highest BCUT2D eigenvalue weighted by Gasteiger charge is 2.18. The molecular formula is C21H17BrClNO3. The highest BCUT2D eigenvalue weighted by molar-refractivity contribution is 9.10. The van der Waals surface area contributed by atoms with E-state index in [-0.39, 0.29) is 5.91 Å². The lowest BCUT2D eigenvalue weighted by Crippen LogP contribution is -2.39. The zero-order valence-corrected chi connectivity index (χ0v) is 16.8. The number of furan rings is 1. The van der Waals surface area contributed by atoms with Gasteiger partial charge in [0.15, 0.2) is 0 Å². The van der Waals surface area contributed by atoms with E-state index >= 15 is 0 Å². The van der Waals surface area contributed by atoms with Crippen molar-refractivity contribution in [3.63, 3.8) is 0 Å². The van der Waals surface area contributed by atoms with Crippen molar-refractivity contribution in [2.45, 2.75) is 0 Å². The van der Waals surface area contributed by atoms with Gasteiger partial charge >= 0.3 is 0 Å². The molecule has 6 heteroatoms. The van der Waals surface area contributed by atoms with Gasteiger partial charge in [-0.2, -0.15) is 0 Å². The molecule has 0 N–H and O–H groups in total. The van der Waals surface area contributed by atoms with Crippen LogP contribution in [-0.2, 0) is 9.53 Å². The van der Waals surface area contributed by atoms with E-state index in [4.69, 9.17) is 20.8 Å². The molecule has 4 rings (SSSR count). The van der Waals surface area contributed by atoms with Gasteiger partial charge in [0.2, 0.25) is 5.91 Å². The van der Waals surface area contributed by atoms with Crippen LogP contribution in [0.25, 0.3) is 16.5 Å². The van der Waals surface area contributed by atoms with Gasteiger partial charge in [-0.05, 0) is 42.0 Å². The maximum absolute atomic E-state index is 12.8. The first-order valence-electron chi connectivity index (χ1n) is 8.64. The van der Waals surface area contributed by atoms with Gasteiger partial charge in [0.25, 0.3) is 0 Å². The SMILES string of the molecule is O=C(/C=C(/c1ccc(Cl)cc1)c1cc2cc(Br)ccc2o1)N1CCOCC1. The Hall–Kier alpha value is -2.08. The van der Waals surface area contributed by atoms with Crippen molar-refractivity contribution in [3.8, 4) is 0 Å². The highest BCUT2D eigenvalue weighted by atomic mass is 79.9. The Balaban J connectivity index is 1.77. The fourth-order valence-corrected chi connectivity index (χ4v) is 3.58. The molecule has 0 saturated carbocycles. The van der Waals surface area contributed by atoms with Gasteiger partial charge in [-0.15, -0.1) is 0 Å². The molecule has 1 aliphatic rings. The number of ether oxygens (including phenoxy) is 1. The summed E-state index contributed by atoms with van der Waals surface area (Å²) in [6.07, 6.45) is 1.64. The van der Waals surface area contributed by atoms with Crippen LogP contribution in [0, 0.1) is 0 Å². The lowest BCUT2D eigenvalue weighted by Gasteiger charge is -2.26. The number of carbonyl (C=O) groups is 1. The molecule has 1 aromatic heterocycles. The molecule has 0 radical (unpaired) electrons. The van der Waals surface area contributed by atoms with Crippen molar-refractivity contribution in [3.05, 3.63) is 75.4 Å². The van der Waals surface area contributed by atoms with E-state index in [0.717, 1.165) is 26.6 Å². The van der Waals surface area contributed by atoms with Gasteiger partial charge in [-0.25, -0.2) is 0 Å². The van der Waals surface area contributed by atoms with Crippen LogP contribution < -0.4 is 0 Å². The smallest absolute Gasteiger partial charge is 0.247 e. The average Bonchev–Trinajstić information content (AvgIpc) is 3.10. The summed E-state index contributed by atoms with van der Waals surface area (Å²) in [5.41, 5.74) is 2.38. The molecule has 138 valence electrons. The number of morpholine rings is 1. The minimum Gasteiger partial charge on any atom is -0.456 e. The monoisotopic (exact) mass is 445 g/mol. The summed E-state index contributed by atoms with van der Waals surface area (Å²) in [4.78, 5) is 14.6. The van der Waals surface area contributed by atoms with Crippen molar-refractivity contribution in [1.29, 1.82) is 0 Å². The summed E-state index contributed by atoms with van der Waals surface area (Å²) >= 11 is 9.51. The normalized spacial score (nSPS) is 15.3. The van der Waals surface area contributed by atoms with Crippen LogP contribution in [-0.4, -0.2) is 37.1 Å². The van der Waals surface area contributed by atoms with Crippen LogP contribution in [0.15, 0.2) is 63.5 Å². The lowest BCUT2D eigenvalue weighted by molar-refractivity contribution is -0.129. The number of carbonyl (C=O) groups excluding carboxylic acids is 1. The third-order valence-corrected chi connectivity index (χ3v) is 5.23. The molecule has 2 aromatic carbocycles. The van der Waals surface area contributed by atoms with Gasteiger partial charge < -0.3 is 14.1 Å². The highest BCUT2D eigenvalue weighted by Crippen LogP contribution is 2.31. The maximum Gasteiger partial charge on any atom is 0.247 e. The molecular weight excluding hydrogens is 430 g/mol. The number of nitrogens with zero attached hydrogens (tertiary/aromatic N) is 1. The van der Waals surface area contributed by atoms with Crippen molar-refractivity contribution < 1.29 is 13.9 Å². The molecule has 0 spiro atoms. The maximum atomic E-state index is 12.8. The fourth-order valence-electron chi connectivity index (χ4n) is 3.07. The Morgan fingerprint density at radius 3 is 2.56 bits per heavy atom. The Labute approximate surface area is 170 Å². The predicted octanol–water partition coefficient (Wildman–Crippen LogP) is 5.14. The predicted molar refractivity (Wildman–Crippen MR) is 110 cm³/mol. The molecule has 0 unspecified atom stereocenters. The zero-order chi connectivity index (χ0) is 18.8. The number of benzene rings is 2. The van der Waals surface area contributed by atoms with E-state index in [1.54, 1.807) is 11.0 Å². The van der Waals surface area contributed by atoms with Crippen LogP contribution in [0.4, 0.5) is 0 Å². The molecule has 0 aliphatic carbocycles. The summed E-state index contributed by atoms with van der Waals surface area (Å²) in [5.74, 6) is 0.594. The quantitative estimate of drug-likeness (QED) is 0.523. The van der Waals surface area contributed by atoms with E-state index in [2.05, 4.69) is 15.9 Å². The third kappa shape index (κ3) is 4.10. The third-order valence-electron chi connectivity index (χ3n) is 4.49. The van der Waals surface area contributed by atoms with Crippen molar-refractivity contribution in [1.82, 2.24) is 4.90 Å². The van der Waals surface area contributed by atoms with Gasteiger partial charge in [-0.3, -0.25) is 4.79 Å². The van der Waals surface area contributed by atoms with Crippen LogP contribution in [0.5, 0.6) is 0 Å². The van der Waals surface area contributed by atoms with Gasteiger partial charge in [0.05, 0.1) is 13.2 Å². The number of halogens is 2. The molecule has 27 heavy (non-hydrogen) atoms. The second-order valence-electron chi connectivity index (χ2n) is 6.30. The van der Waals surface area contributed by atoms with Crippen LogP contribution in [0.1, 0.15) is 11.3 Å². The van der Waals surface area contributed by atoms with Crippen LogP contribution in [0.3, 0.4) is 0 Å². The summed E-state index contributed by atoms with van der Waals surface area (Å²) in [6, 6.07) is 15.2. The lowest BCUT2D eigenvalue weighted by atomic mass is 10.0. The molecule has 2 heterocycles. The Morgan fingerprint density at radius 2 is 1.81 bits per heavy atom. The molecule has 3 aromatic rings. The van der Waals surface area contributed by atoms with Crippen molar-refractivity contribution in [2.75, 3.05) is 26.3 Å². The molecule has 4 nitrogen and oxygen atoms in total. The summed E-state index contributed by atoms with van der Waals surface area (Å²) in [5, 5.41) is 1.62. The number of hydrogen-bond acceptors (Lipinski definition) is 3. The largest absolute Gasteiger partial charge is 0.456 e. The first-order chi connectivity index (χ1) is 13.1. The number of amides is 1. The van der Waals surface area contributed by atoms with Crippen molar-refractivity contribution in [2.24, 2.45) is 0 Å². The molecule has 1 amide bonds. The Bertz CT molecular complexity index is 1000. The van der Waals surface area contributed by atoms with Crippen LogP contribution >= 0.6 is 27.5 Å². The minimum absolute atomic E-state index is 0.0510. The van der Waals surface area contributed by atoms with E-state index in [9.17, 15) is 4.79 Å². The van der Waals surface area contributed by atoms with E-state index in [0.29, 0.717) is 37.1 Å². The first-order valence-corrected chi connectivity index (χ1v) is 9.81. The molecule has 1 fully saturated rings. The number of fused-ring (bicyclic) bond motifs is 1. The molecule has 0 atom stereocenters. The Morgan fingerprint density at radius 1 is 1.07 bits per heavy atom. The Kier molecular flexibility index (Phi) is 5.34. The second-order valence-corrected chi connectivity index (χ2v) is 7.65. The van der Waals surface area contributed by atoms with Crippen LogP contribution in [0.2, 0.25) is 5.02 Å². The topological polar surface area (TPSA) is 42.7 Å². The minimum atomic E-state index is -0.0510. The summed E-state index contributed by atoms with van der Waals surface area (Å²) in [6.45, 7) is 2.32. The van der Waals surface area contributed by atoms with E-state index < -0.39 is 0 Å². The van der Waals surface area contributed by atoms with Gasteiger partial charge in [0, 0.05) is 39.6 Å². The van der Waals surface area contributed by atoms with E-state index in [1.165, 1.54) is 0 Å². The van der Waals surface area contributed by atoms with Gasteiger partial charge in [0.1, 0.15) is 11.3 Å². The van der Waals surface area contributed by atoms with Gasteiger partial charge in [-0.1, -0.05) is 39.7 Å². The average molecular weight is 447 g/mol. The summed E-state index contributed by atoms with van der Waals surface area (Å²) < 4.78 is 12.4.